The lowest BCUT2D eigenvalue weighted by molar-refractivity contribution is -0.274. The number of halogens is 3. The van der Waals surface area contributed by atoms with Gasteiger partial charge in [0.05, 0.1) is 5.69 Å². The number of nitrogens with zero attached hydrogens (tertiary/aromatic N) is 1. The van der Waals surface area contributed by atoms with E-state index in [1.54, 1.807) is 0 Å². The molecule has 8 heteroatoms. The standard InChI is InChI=1S/C7H5F3N2O2S/c8-7(9,10)14-6-3-1-5(2-4-6)11-12-15-13/h1-4,11H. The Morgan fingerprint density at radius 3 is 2.33 bits per heavy atom. The van der Waals surface area contributed by atoms with E-state index in [0.717, 1.165) is 12.1 Å². The first-order valence-electron chi connectivity index (χ1n) is 3.62. The highest BCUT2D eigenvalue weighted by Crippen LogP contribution is 2.23. The Morgan fingerprint density at radius 1 is 1.27 bits per heavy atom. The second kappa shape index (κ2) is 4.78. The largest absolute Gasteiger partial charge is 0.573 e. The second-order valence-corrected chi connectivity index (χ2v) is 2.68. The molecule has 0 aromatic heterocycles. The first kappa shape index (κ1) is 11.5. The minimum absolute atomic E-state index is 0.0367. The first-order valence-corrected chi connectivity index (χ1v) is 4.32. The molecule has 1 rings (SSSR count). The molecule has 0 atom stereocenters. The summed E-state index contributed by atoms with van der Waals surface area (Å²) < 4.78 is 51.9. The predicted octanol–water partition coefficient (Wildman–Crippen LogP) is 2.31. The predicted molar refractivity (Wildman–Crippen MR) is 47.3 cm³/mol. The average molecular weight is 238 g/mol. The van der Waals surface area contributed by atoms with Gasteiger partial charge in [-0.1, -0.05) is 4.47 Å². The molecule has 0 saturated heterocycles. The van der Waals surface area contributed by atoms with Gasteiger partial charge >= 0.3 is 6.36 Å². The molecule has 0 amide bonds. The molecule has 0 saturated carbocycles. The summed E-state index contributed by atoms with van der Waals surface area (Å²) in [4.78, 5) is 0. The highest BCUT2D eigenvalue weighted by molar-refractivity contribution is 7.54. The molecule has 0 aliphatic rings. The van der Waals surface area contributed by atoms with Gasteiger partial charge in [0, 0.05) is 0 Å². The minimum Gasteiger partial charge on any atom is -0.406 e. The highest BCUT2D eigenvalue weighted by atomic mass is 32.1. The zero-order valence-electron chi connectivity index (χ0n) is 7.12. The summed E-state index contributed by atoms with van der Waals surface area (Å²) in [6, 6.07) is 4.84. The van der Waals surface area contributed by atoms with Crippen LogP contribution in [0.2, 0.25) is 0 Å². The van der Waals surface area contributed by atoms with Gasteiger partial charge in [-0.15, -0.1) is 13.2 Å². The summed E-state index contributed by atoms with van der Waals surface area (Å²) in [6.07, 6.45) is -4.70. The zero-order chi connectivity index (χ0) is 11.3. The fourth-order valence-electron chi connectivity index (χ4n) is 0.802. The summed E-state index contributed by atoms with van der Waals surface area (Å²) in [5.74, 6) is -0.331. The molecule has 0 aliphatic carbocycles. The molecule has 4 nitrogen and oxygen atoms in total. The second-order valence-electron chi connectivity index (χ2n) is 2.35. The molecule has 15 heavy (non-hydrogen) atoms. The van der Waals surface area contributed by atoms with E-state index in [9.17, 15) is 17.4 Å². The van der Waals surface area contributed by atoms with Crippen LogP contribution in [-0.4, -0.2) is 10.6 Å². The number of alkyl halides is 3. The Kier molecular flexibility index (Phi) is 3.67. The summed E-state index contributed by atoms with van der Waals surface area (Å²) >= 11 is -0.0367. The lowest BCUT2D eigenvalue weighted by atomic mass is 10.3. The van der Waals surface area contributed by atoms with Gasteiger partial charge in [-0.3, -0.25) is 5.43 Å². The van der Waals surface area contributed by atoms with Crippen molar-refractivity contribution < 1.29 is 22.1 Å². The van der Waals surface area contributed by atoms with Crippen LogP contribution >= 0.6 is 0 Å². The van der Waals surface area contributed by atoms with Gasteiger partial charge in [0.25, 0.3) is 0 Å². The van der Waals surface area contributed by atoms with Crippen molar-refractivity contribution in [2.45, 2.75) is 6.36 Å². The number of hydrogen-bond acceptors (Lipinski definition) is 3. The van der Waals surface area contributed by atoms with Gasteiger partial charge < -0.3 is 4.74 Å². The lowest BCUT2D eigenvalue weighted by Gasteiger charge is -2.08. The van der Waals surface area contributed by atoms with Crippen LogP contribution in [0.15, 0.2) is 28.7 Å². The third-order valence-corrected chi connectivity index (χ3v) is 1.47. The number of rotatable bonds is 3. The van der Waals surface area contributed by atoms with Gasteiger partial charge in [-0.2, -0.15) is 4.21 Å². The van der Waals surface area contributed by atoms with Crippen LogP contribution in [0.1, 0.15) is 0 Å². The number of ether oxygens (including phenoxy) is 1. The SMILES string of the molecule is O=S=NNc1ccc(OC(F)(F)F)cc1. The van der Waals surface area contributed by atoms with Gasteiger partial charge in [0.15, 0.2) is 0 Å². The molecule has 82 valence electrons. The highest BCUT2D eigenvalue weighted by Gasteiger charge is 2.30. The summed E-state index contributed by atoms with van der Waals surface area (Å²) in [5.41, 5.74) is 2.72. The lowest BCUT2D eigenvalue weighted by Crippen LogP contribution is -2.16. The van der Waals surface area contributed by atoms with E-state index >= 15 is 0 Å². The van der Waals surface area contributed by atoms with Crippen molar-refractivity contribution in [1.82, 2.24) is 0 Å². The minimum atomic E-state index is -4.70. The van der Waals surface area contributed by atoms with Gasteiger partial charge in [0.1, 0.15) is 5.75 Å². The van der Waals surface area contributed by atoms with Crippen molar-refractivity contribution in [3.63, 3.8) is 0 Å². The monoisotopic (exact) mass is 238 g/mol. The summed E-state index contributed by atoms with van der Waals surface area (Å²) in [7, 11) is 0. The van der Waals surface area contributed by atoms with E-state index in [2.05, 4.69) is 14.6 Å². The van der Waals surface area contributed by atoms with Crippen LogP contribution in [0, 0.1) is 0 Å². The third kappa shape index (κ3) is 4.45. The zero-order valence-corrected chi connectivity index (χ0v) is 7.93. The molecule has 1 aromatic rings. The fraction of sp³-hybridized carbons (Fsp3) is 0.143. The normalized spacial score (nSPS) is 10.6. The van der Waals surface area contributed by atoms with E-state index in [1.807, 2.05) is 0 Å². The Hall–Kier alpha value is -1.57. The molecule has 0 heterocycles. The van der Waals surface area contributed by atoms with E-state index in [1.165, 1.54) is 12.1 Å². The smallest absolute Gasteiger partial charge is 0.406 e. The molecule has 1 N–H and O–H groups in total. The molecule has 0 spiro atoms. The Morgan fingerprint density at radius 2 is 1.87 bits per heavy atom. The van der Waals surface area contributed by atoms with Gasteiger partial charge in [-0.25, -0.2) is 0 Å². The van der Waals surface area contributed by atoms with Crippen LogP contribution in [-0.2, 0) is 11.5 Å². The number of benzene rings is 1. The summed E-state index contributed by atoms with van der Waals surface area (Å²) in [6.45, 7) is 0. The third-order valence-electron chi connectivity index (χ3n) is 1.30. The number of hydrogen-bond donors (Lipinski definition) is 1. The number of nitrogens with one attached hydrogen (secondary N) is 1. The van der Waals surface area contributed by atoms with Gasteiger partial charge in [-0.05, 0) is 24.3 Å². The van der Waals surface area contributed by atoms with Crippen LogP contribution in [0.5, 0.6) is 5.75 Å². The fourth-order valence-corrected chi connectivity index (χ4v) is 0.945. The van der Waals surface area contributed by atoms with Crippen LogP contribution in [0.3, 0.4) is 0 Å². The number of anilines is 1. The first-order chi connectivity index (χ1) is 7.01. The van der Waals surface area contributed by atoms with E-state index in [-0.39, 0.29) is 17.2 Å². The molecule has 0 aliphatic heterocycles. The quantitative estimate of drug-likeness (QED) is 0.822. The van der Waals surface area contributed by atoms with Crippen LogP contribution in [0.4, 0.5) is 18.9 Å². The maximum Gasteiger partial charge on any atom is 0.573 e. The molecule has 0 unspecified atom stereocenters. The van der Waals surface area contributed by atoms with E-state index in [0.29, 0.717) is 5.69 Å². The Bertz CT molecular complexity index is 373. The molecular formula is C7H5F3N2O2S. The Balaban J connectivity index is 2.68. The molecule has 0 radical (unpaired) electrons. The maximum absolute atomic E-state index is 11.7. The van der Waals surface area contributed by atoms with Gasteiger partial charge in [0.2, 0.25) is 11.5 Å². The Labute approximate surface area is 86.3 Å². The molecule has 0 bridgehead atoms. The van der Waals surface area contributed by atoms with Crippen LogP contribution in [0.25, 0.3) is 0 Å². The van der Waals surface area contributed by atoms with Crippen molar-refractivity contribution in [2.75, 3.05) is 5.43 Å². The molecule has 1 aromatic carbocycles. The van der Waals surface area contributed by atoms with Crippen molar-refractivity contribution in [1.29, 1.82) is 0 Å². The van der Waals surface area contributed by atoms with E-state index < -0.39 is 6.36 Å². The van der Waals surface area contributed by atoms with Crippen molar-refractivity contribution >= 4 is 17.2 Å². The van der Waals surface area contributed by atoms with Crippen LogP contribution < -0.4 is 10.2 Å². The maximum atomic E-state index is 11.7. The van der Waals surface area contributed by atoms with E-state index in [4.69, 9.17) is 0 Å². The van der Waals surface area contributed by atoms with Crippen molar-refractivity contribution in [3.05, 3.63) is 24.3 Å². The summed E-state index contributed by atoms with van der Waals surface area (Å²) in [5, 5.41) is 0. The topological polar surface area (TPSA) is 50.7 Å². The molecule has 0 fully saturated rings. The van der Waals surface area contributed by atoms with Crippen molar-refractivity contribution in [3.8, 4) is 5.75 Å². The molecular weight excluding hydrogens is 233 g/mol. The van der Waals surface area contributed by atoms with Crippen molar-refractivity contribution in [2.24, 2.45) is 4.47 Å². The average Bonchev–Trinajstić information content (AvgIpc) is 2.14.